The smallest absolute Gasteiger partial charge is 0.191 e. The maximum Gasteiger partial charge on any atom is 0.191 e. The normalized spacial score (nSPS) is 13.5. The van der Waals surface area contributed by atoms with Gasteiger partial charge in [-0.15, -0.1) is 35.3 Å². The van der Waals surface area contributed by atoms with Gasteiger partial charge in [0.1, 0.15) is 6.10 Å². The molecule has 5 nitrogen and oxygen atoms in total. The van der Waals surface area contributed by atoms with Crippen LogP contribution in [0.2, 0.25) is 4.34 Å². The Bertz CT molecular complexity index is 760. The zero-order valence-electron chi connectivity index (χ0n) is 15.3. The van der Waals surface area contributed by atoms with Crippen LogP contribution in [0.15, 0.2) is 35.3 Å². The number of halogens is 3. The number of aliphatic hydroxyl groups is 1. The van der Waals surface area contributed by atoms with E-state index in [9.17, 15) is 9.50 Å². The minimum absolute atomic E-state index is 0. The van der Waals surface area contributed by atoms with Gasteiger partial charge in [-0.3, -0.25) is 4.99 Å². The lowest BCUT2D eigenvalue weighted by Crippen LogP contribution is -2.39. The second-order valence-electron chi connectivity index (χ2n) is 5.64. The highest BCUT2D eigenvalue weighted by atomic mass is 127. The highest BCUT2D eigenvalue weighted by Gasteiger charge is 2.13. The molecule has 1 aromatic heterocycles. The maximum absolute atomic E-state index is 13.9. The van der Waals surface area contributed by atoms with Crippen molar-refractivity contribution >= 4 is 52.9 Å². The van der Waals surface area contributed by atoms with E-state index in [-0.39, 0.29) is 42.3 Å². The van der Waals surface area contributed by atoms with Gasteiger partial charge in [-0.25, -0.2) is 4.39 Å². The molecule has 1 heterocycles. The molecule has 2 unspecified atom stereocenters. The van der Waals surface area contributed by atoms with E-state index < -0.39 is 11.9 Å². The van der Waals surface area contributed by atoms with E-state index in [1.54, 1.807) is 24.3 Å². The third-order valence-corrected chi connectivity index (χ3v) is 5.05. The van der Waals surface area contributed by atoms with Crippen LogP contribution in [0.1, 0.15) is 36.4 Å². The van der Waals surface area contributed by atoms with Gasteiger partial charge in [0.25, 0.3) is 0 Å². The number of aliphatic imine (C=N–C) groups is 1. The fourth-order valence-electron chi connectivity index (χ4n) is 2.34. The molecule has 0 aliphatic rings. The summed E-state index contributed by atoms with van der Waals surface area (Å²) in [5, 5.41) is 16.5. The zero-order valence-corrected chi connectivity index (χ0v) is 19.2. The first kappa shape index (κ1) is 23.9. The van der Waals surface area contributed by atoms with Gasteiger partial charge in [0.05, 0.1) is 24.0 Å². The number of hydrogen-bond acceptors (Lipinski definition) is 4. The Kier molecular flexibility index (Phi) is 10.4. The summed E-state index contributed by atoms with van der Waals surface area (Å²) >= 11 is 7.22. The minimum Gasteiger partial charge on any atom is -0.494 e. The number of methoxy groups -OCH3 is 1. The average molecular weight is 528 g/mol. The molecule has 150 valence electrons. The number of ether oxygens (including phenoxy) is 1. The van der Waals surface area contributed by atoms with Gasteiger partial charge in [-0.05, 0) is 43.7 Å². The van der Waals surface area contributed by atoms with Crippen molar-refractivity contribution in [3.63, 3.8) is 0 Å². The molecule has 9 heteroatoms. The molecule has 0 saturated carbocycles. The molecule has 0 spiro atoms. The van der Waals surface area contributed by atoms with Gasteiger partial charge in [-0.2, -0.15) is 0 Å². The number of nitrogens with zero attached hydrogens (tertiary/aromatic N) is 1. The third-order valence-electron chi connectivity index (χ3n) is 3.72. The van der Waals surface area contributed by atoms with Gasteiger partial charge < -0.3 is 20.5 Å². The number of thiophene rings is 1. The van der Waals surface area contributed by atoms with E-state index in [0.29, 0.717) is 16.8 Å². The Morgan fingerprint density at radius 2 is 2.11 bits per heavy atom. The molecule has 2 atom stereocenters. The first-order valence-electron chi connectivity index (χ1n) is 8.26. The number of rotatable bonds is 7. The highest BCUT2D eigenvalue weighted by Crippen LogP contribution is 2.27. The minimum atomic E-state index is -0.725. The topological polar surface area (TPSA) is 65.9 Å². The Labute approximate surface area is 185 Å². The highest BCUT2D eigenvalue weighted by molar-refractivity contribution is 14.0. The average Bonchev–Trinajstić information content (AvgIpc) is 3.06. The molecule has 2 aromatic rings. The summed E-state index contributed by atoms with van der Waals surface area (Å²) in [5.74, 6) is 0.336. The van der Waals surface area contributed by atoms with E-state index in [4.69, 9.17) is 16.3 Å². The second-order valence-corrected chi connectivity index (χ2v) is 7.38. The quantitative estimate of drug-likeness (QED) is 0.282. The van der Waals surface area contributed by atoms with Gasteiger partial charge in [0, 0.05) is 11.4 Å². The summed E-state index contributed by atoms with van der Waals surface area (Å²) in [6.45, 7) is 4.71. The van der Waals surface area contributed by atoms with Crippen molar-refractivity contribution in [2.24, 2.45) is 4.99 Å². The van der Waals surface area contributed by atoms with Crippen molar-refractivity contribution in [2.45, 2.75) is 26.0 Å². The molecule has 0 saturated heterocycles. The molecular weight excluding hydrogens is 504 g/mol. The number of aliphatic hydroxyl groups excluding tert-OH is 1. The van der Waals surface area contributed by atoms with Crippen LogP contribution in [-0.4, -0.2) is 31.3 Å². The predicted molar refractivity (Wildman–Crippen MR) is 120 cm³/mol. The van der Waals surface area contributed by atoms with Crippen molar-refractivity contribution < 1.29 is 14.2 Å². The number of benzene rings is 1. The van der Waals surface area contributed by atoms with Crippen molar-refractivity contribution in [3.8, 4) is 5.75 Å². The van der Waals surface area contributed by atoms with Gasteiger partial charge >= 0.3 is 0 Å². The lowest BCUT2D eigenvalue weighted by atomic mass is 10.1. The van der Waals surface area contributed by atoms with Gasteiger partial charge in [-0.1, -0.05) is 17.7 Å². The van der Waals surface area contributed by atoms with E-state index in [1.807, 2.05) is 13.8 Å². The molecule has 0 bridgehead atoms. The zero-order chi connectivity index (χ0) is 19.1. The summed E-state index contributed by atoms with van der Waals surface area (Å²) in [7, 11) is 1.43. The molecule has 2 rings (SSSR count). The summed E-state index contributed by atoms with van der Waals surface area (Å²) in [5.41, 5.74) is 0.763. The summed E-state index contributed by atoms with van der Waals surface area (Å²) in [4.78, 5) is 5.17. The fraction of sp³-hybridized carbons (Fsp3) is 0.389. The van der Waals surface area contributed by atoms with E-state index in [0.717, 1.165) is 10.4 Å². The molecule has 1 aromatic carbocycles. The Morgan fingerprint density at radius 1 is 1.37 bits per heavy atom. The monoisotopic (exact) mass is 527 g/mol. The fourth-order valence-corrected chi connectivity index (χ4v) is 3.37. The number of nitrogens with one attached hydrogen (secondary N) is 2. The maximum atomic E-state index is 13.9. The molecular formula is C18H24ClFIN3O2S. The van der Waals surface area contributed by atoms with Crippen LogP contribution in [0.4, 0.5) is 4.39 Å². The van der Waals surface area contributed by atoms with Crippen LogP contribution < -0.4 is 15.4 Å². The Hall–Kier alpha value is -1.10. The van der Waals surface area contributed by atoms with E-state index >= 15 is 0 Å². The summed E-state index contributed by atoms with van der Waals surface area (Å²) in [6, 6.07) is 8.18. The van der Waals surface area contributed by atoms with Crippen molar-refractivity contribution in [3.05, 3.63) is 50.9 Å². The summed E-state index contributed by atoms with van der Waals surface area (Å²) in [6.07, 6.45) is -0.725. The predicted octanol–water partition coefficient (Wildman–Crippen LogP) is 4.52. The van der Waals surface area contributed by atoms with Crippen LogP contribution in [0.3, 0.4) is 0 Å². The molecule has 0 radical (unpaired) electrons. The molecule has 0 aliphatic heterocycles. The number of guanidine groups is 1. The van der Waals surface area contributed by atoms with Crippen LogP contribution in [0, 0.1) is 5.82 Å². The van der Waals surface area contributed by atoms with Crippen LogP contribution in [-0.2, 0) is 0 Å². The molecule has 3 N–H and O–H groups in total. The van der Waals surface area contributed by atoms with Crippen LogP contribution >= 0.6 is 46.9 Å². The van der Waals surface area contributed by atoms with Crippen LogP contribution in [0.5, 0.6) is 5.75 Å². The summed E-state index contributed by atoms with van der Waals surface area (Å²) < 4.78 is 19.5. The standard InChI is InChI=1S/C18H23ClFN3O2S.HI/c1-4-21-18(22-10-14(24)16-7-8-17(19)26-16)23-11(2)12-5-6-15(25-3)13(20)9-12;/h5-9,11,14,24H,4,10H2,1-3H3,(H2,21,22,23);1H. The largest absolute Gasteiger partial charge is 0.494 e. The van der Waals surface area contributed by atoms with Crippen LogP contribution in [0.25, 0.3) is 0 Å². The first-order valence-corrected chi connectivity index (χ1v) is 9.45. The molecule has 0 amide bonds. The second kappa shape index (κ2) is 11.7. The van der Waals surface area contributed by atoms with Gasteiger partial charge in [0.2, 0.25) is 0 Å². The third kappa shape index (κ3) is 7.10. The van der Waals surface area contributed by atoms with E-state index in [2.05, 4.69) is 15.6 Å². The van der Waals surface area contributed by atoms with Crippen molar-refractivity contribution in [1.82, 2.24) is 10.6 Å². The molecule has 0 aliphatic carbocycles. The Balaban J connectivity index is 0.00000364. The SMILES string of the molecule is CCNC(=NCC(O)c1ccc(Cl)s1)NC(C)c1ccc(OC)c(F)c1.I. The lowest BCUT2D eigenvalue weighted by molar-refractivity contribution is 0.191. The first-order chi connectivity index (χ1) is 12.4. The van der Waals surface area contributed by atoms with Crippen molar-refractivity contribution in [1.29, 1.82) is 0 Å². The lowest BCUT2D eigenvalue weighted by Gasteiger charge is -2.19. The number of hydrogen-bond donors (Lipinski definition) is 3. The molecule has 0 fully saturated rings. The van der Waals surface area contributed by atoms with E-state index in [1.165, 1.54) is 24.5 Å². The van der Waals surface area contributed by atoms with Crippen molar-refractivity contribution in [2.75, 3.05) is 20.2 Å². The molecule has 27 heavy (non-hydrogen) atoms. The Morgan fingerprint density at radius 3 is 2.67 bits per heavy atom. The van der Waals surface area contributed by atoms with Gasteiger partial charge in [0.15, 0.2) is 17.5 Å².